The van der Waals surface area contributed by atoms with Crippen LogP contribution in [0.15, 0.2) is 29.4 Å². The highest BCUT2D eigenvalue weighted by Crippen LogP contribution is 2.24. The lowest BCUT2D eigenvalue weighted by Crippen LogP contribution is -2.43. The molecule has 2 aliphatic rings. The van der Waals surface area contributed by atoms with Crippen LogP contribution >= 0.6 is 0 Å². The lowest BCUT2D eigenvalue weighted by atomic mass is 9.98. The number of carboxylic acid groups (broad SMARTS) is 1. The van der Waals surface area contributed by atoms with E-state index in [0.29, 0.717) is 50.6 Å². The minimum absolute atomic E-state index is 0.0262. The van der Waals surface area contributed by atoms with Crippen molar-refractivity contribution in [1.29, 1.82) is 0 Å². The fraction of sp³-hybridized carbons (Fsp3) is 0.667. The maximum atomic E-state index is 12.2. The Morgan fingerprint density at radius 2 is 1.87 bits per heavy atom. The van der Waals surface area contributed by atoms with E-state index < -0.39 is 33.7 Å². The van der Waals surface area contributed by atoms with Gasteiger partial charge in [0.1, 0.15) is 23.5 Å². The number of carboxylic acids is 1. The third-order valence-corrected chi connectivity index (χ3v) is 8.03. The summed E-state index contributed by atoms with van der Waals surface area (Å²) in [5, 5.41) is 13.6. The zero-order chi connectivity index (χ0) is 28.6. The molecule has 218 valence electrons. The molecule has 3 rings (SSSR count). The summed E-state index contributed by atoms with van der Waals surface area (Å²) in [7, 11) is -3.69. The molecule has 1 aromatic rings. The fourth-order valence-corrected chi connectivity index (χ4v) is 5.78. The van der Waals surface area contributed by atoms with Gasteiger partial charge in [-0.1, -0.05) is 18.5 Å². The van der Waals surface area contributed by atoms with Crippen LogP contribution in [0.4, 0.5) is 4.79 Å². The number of rotatable bonds is 12. The molecule has 0 unspecified atom stereocenters. The second-order valence-corrected chi connectivity index (χ2v) is 13.0. The van der Waals surface area contributed by atoms with Crippen LogP contribution in [-0.2, 0) is 24.4 Å². The molecule has 1 fully saturated rings. The van der Waals surface area contributed by atoms with Crippen LogP contribution in [0, 0.1) is 5.92 Å². The molecule has 2 aliphatic heterocycles. The Morgan fingerprint density at radius 1 is 1.21 bits per heavy atom. The van der Waals surface area contributed by atoms with E-state index in [1.165, 1.54) is 0 Å². The molecule has 1 aromatic carbocycles. The number of oxime groups is 1. The van der Waals surface area contributed by atoms with Crippen molar-refractivity contribution in [2.24, 2.45) is 11.1 Å². The molecule has 0 aromatic heterocycles. The van der Waals surface area contributed by atoms with E-state index in [1.807, 2.05) is 52.0 Å². The quantitative estimate of drug-likeness (QED) is 0.388. The number of likely N-dealkylation sites (tertiary alicyclic amines) is 1. The summed E-state index contributed by atoms with van der Waals surface area (Å²) in [5.74, 6) is -0.292. The molecule has 39 heavy (non-hydrogen) atoms. The molecule has 0 bridgehead atoms. The number of aliphatic carboxylic acids is 1. The van der Waals surface area contributed by atoms with Gasteiger partial charge in [-0.2, -0.15) is 0 Å². The highest BCUT2D eigenvalue weighted by Gasteiger charge is 2.32. The van der Waals surface area contributed by atoms with Gasteiger partial charge in [0.05, 0.1) is 18.1 Å². The van der Waals surface area contributed by atoms with Crippen molar-refractivity contribution in [2.45, 2.75) is 84.0 Å². The third-order valence-electron chi connectivity index (χ3n) is 6.56. The van der Waals surface area contributed by atoms with E-state index in [4.69, 9.17) is 14.3 Å². The number of amides is 1. The molecule has 0 saturated carbocycles. The average molecular weight is 568 g/mol. The Labute approximate surface area is 230 Å². The van der Waals surface area contributed by atoms with Crippen LogP contribution in [0.5, 0.6) is 5.75 Å². The molecule has 11 nitrogen and oxygen atoms in total. The fourth-order valence-electron chi connectivity index (χ4n) is 4.36. The SMILES string of the molecule is CCCCS(=O)(=O)N[C@@H](C[C@H]1CC(c2ccc(OCC3CCN(C(=O)OC(C)(C)C)CC3)cc2)=NO1)C(=O)O. The van der Waals surface area contributed by atoms with E-state index in [0.717, 1.165) is 24.2 Å². The molecule has 1 saturated heterocycles. The first kappa shape index (κ1) is 30.7. The first-order valence-corrected chi connectivity index (χ1v) is 15.2. The predicted molar refractivity (Wildman–Crippen MR) is 146 cm³/mol. The summed E-state index contributed by atoms with van der Waals surface area (Å²) in [5.41, 5.74) is 0.986. The van der Waals surface area contributed by atoms with E-state index in [2.05, 4.69) is 9.88 Å². The molecule has 2 N–H and O–H groups in total. The number of nitrogens with zero attached hydrogens (tertiary/aromatic N) is 2. The van der Waals surface area contributed by atoms with Crippen LogP contribution in [0.25, 0.3) is 0 Å². The predicted octanol–water partition coefficient (Wildman–Crippen LogP) is 3.77. The van der Waals surface area contributed by atoms with Gasteiger partial charge in [0.2, 0.25) is 10.0 Å². The minimum atomic E-state index is -3.69. The maximum absolute atomic E-state index is 12.2. The number of hydrogen-bond acceptors (Lipinski definition) is 8. The molecular formula is C27H41N3O8S. The molecule has 1 amide bonds. The second-order valence-electron chi connectivity index (χ2n) is 11.1. The number of nitrogens with one attached hydrogen (secondary N) is 1. The second kappa shape index (κ2) is 13.5. The van der Waals surface area contributed by atoms with Gasteiger partial charge in [0.15, 0.2) is 0 Å². The van der Waals surface area contributed by atoms with Crippen molar-refractivity contribution in [3.8, 4) is 5.75 Å². The summed E-state index contributed by atoms with van der Waals surface area (Å²) < 4.78 is 38.0. The molecule has 0 spiro atoms. The van der Waals surface area contributed by atoms with Gasteiger partial charge in [-0.15, -0.1) is 0 Å². The van der Waals surface area contributed by atoms with Gasteiger partial charge >= 0.3 is 12.1 Å². The molecule has 0 aliphatic carbocycles. The number of unbranched alkanes of at least 4 members (excludes halogenated alkanes) is 1. The summed E-state index contributed by atoms with van der Waals surface area (Å²) in [6.07, 6.45) is 2.38. The van der Waals surface area contributed by atoms with Crippen molar-refractivity contribution in [2.75, 3.05) is 25.4 Å². The average Bonchev–Trinajstić information content (AvgIpc) is 3.34. The standard InChI is InChI=1S/C27H41N3O8S/c1-5-6-15-39(34,35)29-24(25(31)32)17-22-16-23(28-38-22)20-7-9-21(10-8-20)36-18-19-11-13-30(14-12-19)26(33)37-27(2,3)4/h7-10,19,22,24,29H,5-6,11-18H2,1-4H3,(H,31,32)/t22-,24+/m1/s1. The van der Waals surface area contributed by atoms with Crippen molar-refractivity contribution >= 4 is 27.8 Å². The van der Waals surface area contributed by atoms with Crippen LogP contribution in [0.1, 0.15) is 71.8 Å². The van der Waals surface area contributed by atoms with Crippen LogP contribution < -0.4 is 9.46 Å². The largest absolute Gasteiger partial charge is 0.493 e. The first-order valence-electron chi connectivity index (χ1n) is 13.5. The number of sulfonamides is 1. The third kappa shape index (κ3) is 9.99. The van der Waals surface area contributed by atoms with Crippen molar-refractivity contribution < 1.29 is 37.4 Å². The van der Waals surface area contributed by atoms with Crippen LogP contribution in [0.3, 0.4) is 0 Å². The summed E-state index contributed by atoms with van der Waals surface area (Å²) in [6.45, 7) is 9.29. The highest BCUT2D eigenvalue weighted by molar-refractivity contribution is 7.89. The summed E-state index contributed by atoms with van der Waals surface area (Å²) >= 11 is 0. The Bertz CT molecular complexity index is 1110. The lowest BCUT2D eigenvalue weighted by Gasteiger charge is -2.33. The van der Waals surface area contributed by atoms with Gasteiger partial charge in [-0.3, -0.25) is 4.79 Å². The monoisotopic (exact) mass is 567 g/mol. The number of hydrogen-bond donors (Lipinski definition) is 2. The van der Waals surface area contributed by atoms with Crippen molar-refractivity contribution in [3.05, 3.63) is 29.8 Å². The maximum Gasteiger partial charge on any atom is 0.410 e. The molecule has 12 heteroatoms. The number of ether oxygens (including phenoxy) is 2. The molecule has 2 heterocycles. The topological polar surface area (TPSA) is 144 Å². The van der Waals surface area contributed by atoms with E-state index in [1.54, 1.807) is 4.90 Å². The zero-order valence-electron chi connectivity index (χ0n) is 23.2. The summed E-state index contributed by atoms with van der Waals surface area (Å²) in [4.78, 5) is 31.0. The van der Waals surface area contributed by atoms with Crippen molar-refractivity contribution in [3.63, 3.8) is 0 Å². The van der Waals surface area contributed by atoms with Crippen molar-refractivity contribution in [1.82, 2.24) is 9.62 Å². The molecular weight excluding hydrogens is 526 g/mol. The number of carbonyl (C=O) groups excluding carboxylic acids is 1. The van der Waals surface area contributed by atoms with E-state index in [-0.39, 0.29) is 18.3 Å². The smallest absolute Gasteiger partial charge is 0.410 e. The first-order chi connectivity index (χ1) is 18.3. The summed E-state index contributed by atoms with van der Waals surface area (Å²) in [6, 6.07) is 6.16. The lowest BCUT2D eigenvalue weighted by molar-refractivity contribution is -0.139. The minimum Gasteiger partial charge on any atom is -0.493 e. The number of benzene rings is 1. The Morgan fingerprint density at radius 3 is 2.46 bits per heavy atom. The Hall–Kier alpha value is -2.86. The van der Waals surface area contributed by atoms with E-state index >= 15 is 0 Å². The Balaban J connectivity index is 1.43. The van der Waals surface area contributed by atoms with E-state index in [9.17, 15) is 23.1 Å². The van der Waals surface area contributed by atoms with Gasteiger partial charge in [0, 0.05) is 25.9 Å². The van der Waals surface area contributed by atoms with Gasteiger partial charge in [-0.25, -0.2) is 17.9 Å². The zero-order valence-corrected chi connectivity index (χ0v) is 24.0. The van der Waals surface area contributed by atoms with Crippen LogP contribution in [-0.4, -0.2) is 79.4 Å². The van der Waals surface area contributed by atoms with Crippen LogP contribution in [0.2, 0.25) is 0 Å². The normalized spacial score (nSPS) is 19.2. The molecule has 0 radical (unpaired) electrons. The number of carbonyl (C=O) groups is 2. The highest BCUT2D eigenvalue weighted by atomic mass is 32.2. The van der Waals surface area contributed by atoms with Gasteiger partial charge < -0.3 is 24.3 Å². The molecule has 2 atom stereocenters. The van der Waals surface area contributed by atoms with Gasteiger partial charge in [0.25, 0.3) is 0 Å². The van der Waals surface area contributed by atoms with Gasteiger partial charge in [-0.05, 0) is 75.8 Å². The Kier molecular flexibility index (Phi) is 10.6. The number of piperidine rings is 1.